The highest BCUT2D eigenvalue weighted by Crippen LogP contribution is 2.45. The van der Waals surface area contributed by atoms with E-state index in [4.69, 9.17) is 18.9 Å². The number of amides is 1. The summed E-state index contributed by atoms with van der Waals surface area (Å²) in [6, 6.07) is 17.2. The monoisotopic (exact) mass is 560 g/mol. The number of Topliss-reactive ketones (excluding diaryl/α,β-unsaturated/α-hetero) is 1. The lowest BCUT2D eigenvalue weighted by atomic mass is 9.94. The maximum atomic E-state index is 14.0. The maximum absolute atomic E-state index is 14.0. The molecule has 1 heterocycles. The van der Waals surface area contributed by atoms with Crippen LogP contribution in [0.15, 0.2) is 66.2 Å². The largest absolute Gasteiger partial charge is 0.872 e. The molecule has 0 spiro atoms. The van der Waals surface area contributed by atoms with Crippen LogP contribution in [0.3, 0.4) is 0 Å². The fourth-order valence-electron chi connectivity index (χ4n) is 4.89. The number of nitrogens with one attached hydrogen (secondary N) is 1. The number of likely N-dealkylation sites (tertiary alicyclic amines) is 1. The van der Waals surface area contributed by atoms with Crippen molar-refractivity contribution in [3.05, 3.63) is 88.5 Å². The number of carbonyl (C=O) groups excluding carboxylic acids is 2. The van der Waals surface area contributed by atoms with Crippen molar-refractivity contribution in [1.82, 2.24) is 4.90 Å². The summed E-state index contributed by atoms with van der Waals surface area (Å²) in [6.45, 7) is 3.07. The van der Waals surface area contributed by atoms with E-state index in [1.165, 1.54) is 26.2 Å². The van der Waals surface area contributed by atoms with Gasteiger partial charge >= 0.3 is 0 Å². The van der Waals surface area contributed by atoms with Gasteiger partial charge in [0.15, 0.2) is 11.5 Å². The number of benzene rings is 3. The van der Waals surface area contributed by atoms with Gasteiger partial charge in [-0.1, -0.05) is 42.2 Å². The van der Waals surface area contributed by atoms with E-state index in [1.54, 1.807) is 30.3 Å². The van der Waals surface area contributed by atoms with Gasteiger partial charge in [0, 0.05) is 5.57 Å². The molecule has 1 aliphatic heterocycles. The summed E-state index contributed by atoms with van der Waals surface area (Å²) >= 11 is 0. The molecule has 9 heteroatoms. The van der Waals surface area contributed by atoms with Crippen molar-refractivity contribution in [2.75, 3.05) is 48.5 Å². The molecule has 0 aliphatic carbocycles. The predicted molar refractivity (Wildman–Crippen MR) is 152 cm³/mol. The molecule has 9 nitrogen and oxygen atoms in total. The van der Waals surface area contributed by atoms with E-state index in [9.17, 15) is 14.7 Å². The number of methoxy groups -OCH3 is 3. The Morgan fingerprint density at radius 1 is 0.902 bits per heavy atom. The van der Waals surface area contributed by atoms with Crippen LogP contribution in [0.4, 0.5) is 0 Å². The number of hydrogen-bond acceptors (Lipinski definition) is 7. The number of aryl methyl sites for hydroxylation is 1. The third kappa shape index (κ3) is 6.15. The summed E-state index contributed by atoms with van der Waals surface area (Å²) in [4.78, 5) is 29.3. The average Bonchev–Trinajstić information content (AvgIpc) is 3.23. The molecule has 1 N–H and O–H groups in total. The molecule has 4 rings (SSSR count). The van der Waals surface area contributed by atoms with E-state index < -0.39 is 23.5 Å². The zero-order valence-electron chi connectivity index (χ0n) is 24.3. The Morgan fingerprint density at radius 2 is 1.56 bits per heavy atom. The van der Waals surface area contributed by atoms with Crippen molar-refractivity contribution < 1.29 is 38.5 Å². The molecule has 0 aromatic heterocycles. The second-order valence-corrected chi connectivity index (χ2v) is 10.1. The number of quaternary nitrogens is 1. The molecule has 1 fully saturated rings. The van der Waals surface area contributed by atoms with Crippen LogP contribution in [0.2, 0.25) is 0 Å². The van der Waals surface area contributed by atoms with E-state index in [1.807, 2.05) is 51.4 Å². The first-order chi connectivity index (χ1) is 19.7. The summed E-state index contributed by atoms with van der Waals surface area (Å²) < 4.78 is 22.5. The smallest absolute Gasteiger partial charge is 0.295 e. The van der Waals surface area contributed by atoms with Gasteiger partial charge in [-0.25, -0.2) is 0 Å². The van der Waals surface area contributed by atoms with Crippen molar-refractivity contribution in [2.45, 2.75) is 19.6 Å². The minimum atomic E-state index is -0.926. The van der Waals surface area contributed by atoms with Crippen LogP contribution in [-0.4, -0.2) is 65.1 Å². The van der Waals surface area contributed by atoms with Crippen LogP contribution in [0.1, 0.15) is 28.3 Å². The lowest BCUT2D eigenvalue weighted by Gasteiger charge is -2.28. The van der Waals surface area contributed by atoms with Gasteiger partial charge in [0.2, 0.25) is 11.5 Å². The van der Waals surface area contributed by atoms with Gasteiger partial charge in [-0.2, -0.15) is 0 Å². The minimum absolute atomic E-state index is 0.115. The fourth-order valence-corrected chi connectivity index (χ4v) is 4.89. The molecule has 0 radical (unpaired) electrons. The summed E-state index contributed by atoms with van der Waals surface area (Å²) in [5.74, 6) is -0.338. The number of ether oxygens (including phenoxy) is 4. The minimum Gasteiger partial charge on any atom is -0.872 e. The number of carbonyl (C=O) groups is 2. The summed E-state index contributed by atoms with van der Waals surface area (Å²) in [6.07, 6.45) is 0. The lowest BCUT2D eigenvalue weighted by molar-refractivity contribution is -0.857. The highest BCUT2D eigenvalue weighted by molar-refractivity contribution is 6.46. The van der Waals surface area contributed by atoms with E-state index in [0.29, 0.717) is 47.3 Å². The topological polar surface area (TPSA) is 102 Å². The molecule has 1 amide bonds. The highest BCUT2D eigenvalue weighted by Gasteiger charge is 2.45. The van der Waals surface area contributed by atoms with E-state index in [2.05, 4.69) is 0 Å². The van der Waals surface area contributed by atoms with Crippen LogP contribution in [0.5, 0.6) is 23.0 Å². The Balaban J connectivity index is 1.79. The quantitative estimate of drug-likeness (QED) is 0.217. The SMILES string of the molecule is COc1cc(C2/C(=C(\[O-])c3ccc(OCc4ccccc4)c(C)c3)C(=O)C(=O)N2CC[NH+](C)C)cc(OC)c1OC. The van der Waals surface area contributed by atoms with Crippen LogP contribution in [0, 0.1) is 6.92 Å². The van der Waals surface area contributed by atoms with Crippen molar-refractivity contribution in [3.63, 3.8) is 0 Å². The second-order valence-electron chi connectivity index (χ2n) is 10.1. The molecule has 0 bridgehead atoms. The van der Waals surface area contributed by atoms with E-state index in [-0.39, 0.29) is 12.1 Å². The Morgan fingerprint density at radius 3 is 2.12 bits per heavy atom. The van der Waals surface area contributed by atoms with Crippen molar-refractivity contribution in [3.8, 4) is 23.0 Å². The van der Waals surface area contributed by atoms with E-state index >= 15 is 0 Å². The zero-order valence-corrected chi connectivity index (χ0v) is 24.3. The van der Waals surface area contributed by atoms with E-state index in [0.717, 1.165) is 16.0 Å². The predicted octanol–water partition coefficient (Wildman–Crippen LogP) is 1.97. The molecule has 216 valence electrons. The molecule has 1 atom stereocenters. The van der Waals surface area contributed by atoms with Gasteiger partial charge in [-0.15, -0.1) is 0 Å². The van der Waals surface area contributed by atoms with Crippen LogP contribution in [-0.2, 0) is 16.2 Å². The number of hydrogen-bond donors (Lipinski definition) is 1. The van der Waals surface area contributed by atoms with Crippen LogP contribution in [0.25, 0.3) is 5.76 Å². The molecule has 3 aromatic rings. The van der Waals surface area contributed by atoms with Gasteiger partial charge in [0.25, 0.3) is 5.91 Å². The van der Waals surface area contributed by atoms with Gasteiger partial charge in [0.1, 0.15) is 12.4 Å². The Bertz CT molecular complexity index is 1420. The van der Waals surface area contributed by atoms with Gasteiger partial charge in [-0.3, -0.25) is 9.59 Å². The van der Waals surface area contributed by atoms with Gasteiger partial charge in [-0.05, 0) is 53.4 Å². The summed E-state index contributed by atoms with van der Waals surface area (Å²) in [5.41, 5.74) is 2.45. The average molecular weight is 561 g/mol. The standard InChI is InChI=1S/C32H36N2O7/c1-20-16-22(12-13-24(20)41-19-21-10-8-7-9-11-21)29(35)27-28(34(15-14-33(2)3)32(37)30(27)36)23-17-25(38-4)31(40-6)26(18-23)39-5/h7-13,16-18,28,35H,14-15,19H2,1-6H3/b29-27+. The maximum Gasteiger partial charge on any atom is 0.295 e. The molecule has 0 saturated carbocycles. The first-order valence-electron chi connectivity index (χ1n) is 13.3. The van der Waals surface area contributed by atoms with Crippen molar-refractivity contribution in [2.24, 2.45) is 0 Å². The van der Waals surface area contributed by atoms with Gasteiger partial charge in [0.05, 0.1) is 54.6 Å². The molecule has 41 heavy (non-hydrogen) atoms. The summed E-state index contributed by atoms with van der Waals surface area (Å²) in [5, 5.41) is 14.0. The number of likely N-dealkylation sites (N-methyl/N-ethyl adjacent to an activating group) is 1. The Hall–Kier alpha value is -4.50. The third-order valence-electron chi connectivity index (χ3n) is 7.06. The molecule has 3 aromatic carbocycles. The number of nitrogens with zero attached hydrogens (tertiary/aromatic N) is 1. The van der Waals surface area contributed by atoms with Crippen molar-refractivity contribution >= 4 is 17.4 Å². The molecule has 1 saturated heterocycles. The first-order valence-corrected chi connectivity index (χ1v) is 13.3. The lowest BCUT2D eigenvalue weighted by Crippen LogP contribution is -3.06. The molecule has 1 unspecified atom stereocenters. The second kappa shape index (κ2) is 12.8. The molecule has 1 aliphatic rings. The molecular weight excluding hydrogens is 524 g/mol. The summed E-state index contributed by atoms with van der Waals surface area (Å²) in [7, 11) is 8.37. The fraction of sp³-hybridized carbons (Fsp3) is 0.312. The van der Waals surface area contributed by atoms with Crippen LogP contribution < -0.4 is 29.0 Å². The zero-order chi connectivity index (χ0) is 29.7. The third-order valence-corrected chi connectivity index (χ3v) is 7.06. The normalized spacial score (nSPS) is 16.3. The molecular formula is C32H36N2O7. The Kier molecular flexibility index (Phi) is 9.19. The highest BCUT2D eigenvalue weighted by atomic mass is 16.5. The Labute approximate surface area is 240 Å². The number of ketones is 1. The van der Waals surface area contributed by atoms with Gasteiger partial charge < -0.3 is 33.9 Å². The number of rotatable bonds is 11. The van der Waals surface area contributed by atoms with Crippen molar-refractivity contribution in [1.29, 1.82) is 0 Å². The van der Waals surface area contributed by atoms with Crippen LogP contribution >= 0.6 is 0 Å². The first kappa shape index (κ1) is 29.5.